The van der Waals surface area contributed by atoms with Crippen molar-refractivity contribution in [2.24, 2.45) is 0 Å². The van der Waals surface area contributed by atoms with Crippen LogP contribution in [0, 0.1) is 0 Å². The second kappa shape index (κ2) is 6.13. The van der Waals surface area contributed by atoms with Gasteiger partial charge in [-0.2, -0.15) is 0 Å². The van der Waals surface area contributed by atoms with Gasteiger partial charge in [-0.05, 0) is 41.4 Å². The lowest BCUT2D eigenvalue weighted by molar-refractivity contribution is 0.197. The molecule has 1 aliphatic rings. The van der Waals surface area contributed by atoms with Gasteiger partial charge in [0.15, 0.2) is 9.84 Å². The molecule has 1 unspecified atom stereocenters. The lowest BCUT2D eigenvalue weighted by Gasteiger charge is -2.27. The van der Waals surface area contributed by atoms with Crippen LogP contribution in [0.15, 0.2) is 28.7 Å². The number of carbonyl (C=O) groups excluding carboxylic acids is 1. The number of halogens is 1. The molecule has 110 valence electrons. The van der Waals surface area contributed by atoms with Crippen LogP contribution in [-0.4, -0.2) is 43.4 Å². The quantitative estimate of drug-likeness (QED) is 0.900. The first-order valence-corrected chi connectivity index (χ1v) is 9.07. The Labute approximate surface area is 127 Å². The molecule has 1 atom stereocenters. The maximum Gasteiger partial charge on any atom is 0.322 e. The van der Waals surface area contributed by atoms with Gasteiger partial charge in [-0.3, -0.25) is 0 Å². The summed E-state index contributed by atoms with van der Waals surface area (Å²) in [7, 11) is -3.00. The number of carbonyl (C=O) groups is 1. The molecule has 0 aliphatic carbocycles. The summed E-state index contributed by atoms with van der Waals surface area (Å²) in [6.07, 6.45) is 0.513. The molecule has 5 nitrogen and oxygen atoms in total. The first-order chi connectivity index (χ1) is 9.43. The number of urea groups is 1. The molecule has 1 saturated heterocycles. The monoisotopic (exact) mass is 360 g/mol. The van der Waals surface area contributed by atoms with Crippen molar-refractivity contribution in [1.29, 1.82) is 0 Å². The van der Waals surface area contributed by atoms with E-state index in [0.29, 0.717) is 18.7 Å². The van der Waals surface area contributed by atoms with E-state index in [1.807, 2.05) is 25.1 Å². The molecule has 0 radical (unpaired) electrons. The van der Waals surface area contributed by atoms with E-state index in [-0.39, 0.29) is 23.6 Å². The summed E-state index contributed by atoms with van der Waals surface area (Å²) < 4.78 is 23.9. The van der Waals surface area contributed by atoms with E-state index >= 15 is 0 Å². The van der Waals surface area contributed by atoms with Gasteiger partial charge in [0.25, 0.3) is 0 Å². The van der Waals surface area contributed by atoms with Gasteiger partial charge in [0.1, 0.15) is 0 Å². The van der Waals surface area contributed by atoms with E-state index in [2.05, 4.69) is 21.2 Å². The predicted molar refractivity (Wildman–Crippen MR) is 82.6 cm³/mol. The number of rotatable bonds is 3. The van der Waals surface area contributed by atoms with Crippen LogP contribution in [0.1, 0.15) is 13.3 Å². The second-order valence-electron chi connectivity index (χ2n) is 4.75. The van der Waals surface area contributed by atoms with Gasteiger partial charge in [0.2, 0.25) is 0 Å². The first-order valence-electron chi connectivity index (χ1n) is 6.45. The molecule has 0 aromatic heterocycles. The standard InChI is InChI=1S/C13H17BrN2O3S/c1-2-16(10-7-8-20(18,19)9-10)13(17)15-12-6-4-3-5-11(12)14/h3-6,10H,2,7-9H2,1H3,(H,15,17). The van der Waals surface area contributed by atoms with E-state index in [0.717, 1.165) is 4.47 Å². The summed E-state index contributed by atoms with van der Waals surface area (Å²) >= 11 is 3.37. The average Bonchev–Trinajstić information content (AvgIpc) is 2.73. The lowest BCUT2D eigenvalue weighted by atomic mass is 10.2. The summed E-state index contributed by atoms with van der Waals surface area (Å²) in [5.74, 6) is 0.223. The highest BCUT2D eigenvalue weighted by Crippen LogP contribution is 2.23. The third-order valence-corrected chi connectivity index (χ3v) is 5.81. The lowest BCUT2D eigenvalue weighted by Crippen LogP contribution is -2.43. The molecule has 7 heteroatoms. The summed E-state index contributed by atoms with van der Waals surface area (Å²) in [4.78, 5) is 13.9. The van der Waals surface area contributed by atoms with Crippen molar-refractivity contribution in [2.75, 3.05) is 23.4 Å². The largest absolute Gasteiger partial charge is 0.322 e. The van der Waals surface area contributed by atoms with Crippen LogP contribution in [0.5, 0.6) is 0 Å². The molecule has 1 aliphatic heterocycles. The Morgan fingerprint density at radius 3 is 2.70 bits per heavy atom. The number of nitrogens with one attached hydrogen (secondary N) is 1. The normalized spacial score (nSPS) is 20.6. The number of hydrogen-bond donors (Lipinski definition) is 1. The van der Waals surface area contributed by atoms with Crippen molar-refractivity contribution in [3.63, 3.8) is 0 Å². The Bertz CT molecular complexity index is 603. The first kappa shape index (κ1) is 15.3. The summed E-state index contributed by atoms with van der Waals surface area (Å²) in [6, 6.07) is 6.83. The molecule has 1 aromatic carbocycles. The van der Waals surface area contributed by atoms with Crippen molar-refractivity contribution in [3.05, 3.63) is 28.7 Å². The third kappa shape index (κ3) is 3.52. The maximum absolute atomic E-state index is 12.3. The molecule has 20 heavy (non-hydrogen) atoms. The smallest absolute Gasteiger partial charge is 0.321 e. The average molecular weight is 361 g/mol. The van der Waals surface area contributed by atoms with Crippen LogP contribution >= 0.6 is 15.9 Å². The number of sulfone groups is 1. The Morgan fingerprint density at radius 1 is 1.45 bits per heavy atom. The number of hydrogen-bond acceptors (Lipinski definition) is 3. The number of benzene rings is 1. The fourth-order valence-electron chi connectivity index (χ4n) is 2.34. The number of nitrogens with zero attached hydrogens (tertiary/aromatic N) is 1. The van der Waals surface area contributed by atoms with Gasteiger partial charge in [-0.15, -0.1) is 0 Å². The van der Waals surface area contributed by atoms with Gasteiger partial charge < -0.3 is 10.2 Å². The minimum absolute atomic E-state index is 0.0597. The third-order valence-electron chi connectivity index (χ3n) is 3.37. The summed E-state index contributed by atoms with van der Waals surface area (Å²) in [5.41, 5.74) is 0.678. The Morgan fingerprint density at radius 2 is 2.15 bits per heavy atom. The van der Waals surface area contributed by atoms with Crippen LogP contribution < -0.4 is 5.32 Å². The molecule has 1 heterocycles. The van der Waals surface area contributed by atoms with Crippen molar-refractivity contribution in [2.45, 2.75) is 19.4 Å². The van der Waals surface area contributed by atoms with Gasteiger partial charge in [-0.25, -0.2) is 13.2 Å². The highest BCUT2D eigenvalue weighted by Gasteiger charge is 2.34. The minimum atomic E-state index is -3.00. The topological polar surface area (TPSA) is 66.5 Å². The van der Waals surface area contributed by atoms with Crippen LogP contribution in [0.25, 0.3) is 0 Å². The van der Waals surface area contributed by atoms with Gasteiger partial charge >= 0.3 is 6.03 Å². The highest BCUT2D eigenvalue weighted by atomic mass is 79.9. The minimum Gasteiger partial charge on any atom is -0.321 e. The Balaban J connectivity index is 2.09. The zero-order valence-corrected chi connectivity index (χ0v) is 13.6. The van der Waals surface area contributed by atoms with E-state index in [1.165, 1.54) is 0 Å². The number of para-hydroxylation sites is 1. The zero-order chi connectivity index (χ0) is 14.8. The maximum atomic E-state index is 12.3. The molecule has 1 fully saturated rings. The van der Waals surface area contributed by atoms with Crippen LogP contribution in [0.4, 0.5) is 10.5 Å². The Hall–Kier alpha value is -1.08. The fraction of sp³-hybridized carbons (Fsp3) is 0.462. The molecular weight excluding hydrogens is 344 g/mol. The van der Waals surface area contributed by atoms with Gasteiger partial charge in [0, 0.05) is 17.1 Å². The van der Waals surface area contributed by atoms with Crippen LogP contribution in [0.3, 0.4) is 0 Å². The highest BCUT2D eigenvalue weighted by molar-refractivity contribution is 9.10. The van der Waals surface area contributed by atoms with Crippen molar-refractivity contribution in [3.8, 4) is 0 Å². The molecule has 2 rings (SSSR count). The van der Waals surface area contributed by atoms with E-state index < -0.39 is 9.84 Å². The predicted octanol–water partition coefficient (Wildman–Crippen LogP) is 2.49. The van der Waals surface area contributed by atoms with Gasteiger partial charge in [-0.1, -0.05) is 12.1 Å². The van der Waals surface area contributed by atoms with E-state index in [9.17, 15) is 13.2 Å². The van der Waals surface area contributed by atoms with Crippen molar-refractivity contribution >= 4 is 37.5 Å². The molecule has 0 saturated carbocycles. The molecular formula is C13H17BrN2O3S. The van der Waals surface area contributed by atoms with Gasteiger partial charge in [0.05, 0.1) is 17.2 Å². The summed E-state index contributed by atoms with van der Waals surface area (Å²) in [5, 5.41) is 2.81. The van der Waals surface area contributed by atoms with E-state index in [4.69, 9.17) is 0 Å². The molecule has 1 aromatic rings. The van der Waals surface area contributed by atoms with E-state index in [1.54, 1.807) is 11.0 Å². The molecule has 1 N–H and O–H groups in total. The number of amides is 2. The summed E-state index contributed by atoms with van der Waals surface area (Å²) in [6.45, 7) is 2.33. The Kier molecular flexibility index (Phi) is 4.70. The fourth-order valence-corrected chi connectivity index (χ4v) is 4.45. The van der Waals surface area contributed by atoms with Crippen molar-refractivity contribution in [1.82, 2.24) is 4.90 Å². The van der Waals surface area contributed by atoms with Crippen molar-refractivity contribution < 1.29 is 13.2 Å². The zero-order valence-electron chi connectivity index (χ0n) is 11.2. The molecule has 2 amide bonds. The molecule has 0 bridgehead atoms. The van der Waals surface area contributed by atoms with Crippen LogP contribution in [-0.2, 0) is 9.84 Å². The number of anilines is 1. The second-order valence-corrected chi connectivity index (χ2v) is 7.84. The molecule has 0 spiro atoms. The SMILES string of the molecule is CCN(C(=O)Nc1ccccc1Br)C1CCS(=O)(=O)C1. The van der Waals surface area contributed by atoms with Crippen LogP contribution in [0.2, 0.25) is 0 Å².